The number of hydrogen-bond donors (Lipinski definition) is 1. The summed E-state index contributed by atoms with van der Waals surface area (Å²) in [5.74, 6) is 0. The molecule has 6 nitrogen and oxygen atoms in total. The van der Waals surface area contributed by atoms with Crippen LogP contribution in [-0.2, 0) is 4.74 Å². The molecule has 0 aliphatic carbocycles. The smallest absolute Gasteiger partial charge is 0.412 e. The summed E-state index contributed by atoms with van der Waals surface area (Å²) in [4.78, 5) is 22.4. The van der Waals surface area contributed by atoms with Crippen LogP contribution in [0.3, 0.4) is 0 Å². The largest absolute Gasteiger partial charge is 0.444 e. The van der Waals surface area contributed by atoms with Crippen molar-refractivity contribution in [3.05, 3.63) is 41.7 Å². The molecular formula is C16H17F2N3O3. The summed E-state index contributed by atoms with van der Waals surface area (Å²) in [7, 11) is 0. The van der Waals surface area contributed by atoms with Crippen LogP contribution in [0.4, 0.5) is 19.3 Å². The number of ether oxygens (including phenoxy) is 1. The van der Waals surface area contributed by atoms with Gasteiger partial charge in [0.2, 0.25) is 0 Å². The maximum Gasteiger partial charge on any atom is 0.412 e. The van der Waals surface area contributed by atoms with Crippen molar-refractivity contribution < 1.29 is 23.1 Å². The lowest BCUT2D eigenvalue weighted by molar-refractivity contribution is 0.0635. The van der Waals surface area contributed by atoms with E-state index in [0.717, 1.165) is 0 Å². The second kappa shape index (κ2) is 6.77. The second-order valence-corrected chi connectivity index (χ2v) is 6.01. The molecule has 24 heavy (non-hydrogen) atoms. The molecule has 0 fully saturated rings. The molecule has 128 valence electrons. The topological polar surface area (TPSA) is 73.2 Å². The van der Waals surface area contributed by atoms with E-state index in [1.807, 2.05) is 0 Å². The van der Waals surface area contributed by atoms with Crippen molar-refractivity contribution in [3.8, 4) is 5.69 Å². The number of hydrogen-bond acceptors (Lipinski definition) is 4. The summed E-state index contributed by atoms with van der Waals surface area (Å²) in [6, 6.07) is 6.19. The lowest BCUT2D eigenvalue weighted by Crippen LogP contribution is -2.27. The summed E-state index contributed by atoms with van der Waals surface area (Å²) in [6.45, 7) is 5.00. The fourth-order valence-electron chi connectivity index (χ4n) is 1.90. The molecule has 1 amide bonds. The van der Waals surface area contributed by atoms with Crippen LogP contribution in [0.2, 0.25) is 0 Å². The van der Waals surface area contributed by atoms with Gasteiger partial charge in [-0.25, -0.2) is 18.3 Å². The average Bonchev–Trinajstić information content (AvgIpc) is 2.89. The highest BCUT2D eigenvalue weighted by Crippen LogP contribution is 2.27. The molecule has 0 aliphatic rings. The van der Waals surface area contributed by atoms with Gasteiger partial charge in [0.15, 0.2) is 5.69 Å². The Hall–Kier alpha value is -2.77. The summed E-state index contributed by atoms with van der Waals surface area (Å²) in [5.41, 5.74) is -0.540. The number of nitrogens with one attached hydrogen (secondary N) is 1. The van der Waals surface area contributed by atoms with Gasteiger partial charge < -0.3 is 4.74 Å². The molecule has 1 heterocycles. The lowest BCUT2D eigenvalue weighted by atomic mass is 10.2. The van der Waals surface area contributed by atoms with Crippen LogP contribution in [-0.4, -0.2) is 27.8 Å². The van der Waals surface area contributed by atoms with Crippen LogP contribution in [0.1, 0.15) is 43.2 Å². The van der Waals surface area contributed by atoms with E-state index in [9.17, 15) is 18.4 Å². The summed E-state index contributed by atoms with van der Waals surface area (Å²) >= 11 is 0. The molecule has 0 saturated heterocycles. The van der Waals surface area contributed by atoms with E-state index in [0.29, 0.717) is 17.5 Å². The minimum Gasteiger partial charge on any atom is -0.444 e. The standard InChI is InChI=1S/C16H17F2N3O3/c1-16(2,3)24-15(23)19-12-8-21(20-13(12)14(17)18)11-6-4-10(9-22)5-7-11/h4-9,14H,1-3H3,(H,19,23). The summed E-state index contributed by atoms with van der Waals surface area (Å²) in [5, 5.41) is 6.07. The highest BCUT2D eigenvalue weighted by molar-refractivity contribution is 5.85. The van der Waals surface area contributed by atoms with Crippen LogP contribution in [0.25, 0.3) is 5.69 Å². The van der Waals surface area contributed by atoms with Crippen LogP contribution >= 0.6 is 0 Å². The molecule has 0 atom stereocenters. The van der Waals surface area contributed by atoms with Crippen LogP contribution < -0.4 is 5.32 Å². The van der Waals surface area contributed by atoms with Gasteiger partial charge in [0.25, 0.3) is 6.43 Å². The first-order chi connectivity index (χ1) is 11.2. The third-order valence-electron chi connectivity index (χ3n) is 2.88. The summed E-state index contributed by atoms with van der Waals surface area (Å²) in [6.07, 6.45) is -1.78. The van der Waals surface area contributed by atoms with E-state index >= 15 is 0 Å². The molecule has 0 spiro atoms. The first-order valence-electron chi connectivity index (χ1n) is 7.13. The van der Waals surface area contributed by atoms with Gasteiger partial charge in [-0.05, 0) is 45.0 Å². The first-order valence-corrected chi connectivity index (χ1v) is 7.13. The first kappa shape index (κ1) is 17.6. The fraction of sp³-hybridized carbons (Fsp3) is 0.312. The third-order valence-corrected chi connectivity index (χ3v) is 2.88. The average molecular weight is 337 g/mol. The van der Waals surface area contributed by atoms with Gasteiger partial charge in [-0.2, -0.15) is 5.10 Å². The zero-order valence-corrected chi connectivity index (χ0v) is 13.4. The number of anilines is 1. The predicted octanol–water partition coefficient (Wildman–Crippen LogP) is 3.97. The molecule has 2 rings (SSSR count). The van der Waals surface area contributed by atoms with Crippen molar-refractivity contribution in [2.75, 3.05) is 5.32 Å². The number of carbonyl (C=O) groups excluding carboxylic acids is 2. The molecule has 1 aromatic carbocycles. The lowest BCUT2D eigenvalue weighted by Gasteiger charge is -2.19. The van der Waals surface area contributed by atoms with E-state index in [1.54, 1.807) is 32.9 Å². The number of nitrogens with zero attached hydrogens (tertiary/aromatic N) is 2. The Labute approximate surface area is 137 Å². The van der Waals surface area contributed by atoms with E-state index < -0.39 is 23.8 Å². The monoisotopic (exact) mass is 337 g/mol. The Morgan fingerprint density at radius 2 is 1.92 bits per heavy atom. The minimum absolute atomic E-state index is 0.140. The van der Waals surface area contributed by atoms with Gasteiger partial charge >= 0.3 is 6.09 Å². The van der Waals surface area contributed by atoms with Gasteiger partial charge in [-0.1, -0.05) is 0 Å². The molecular weight excluding hydrogens is 320 g/mol. The molecule has 1 aromatic heterocycles. The molecule has 0 unspecified atom stereocenters. The number of aldehydes is 1. The molecule has 0 aliphatic heterocycles. The Morgan fingerprint density at radius 3 is 2.42 bits per heavy atom. The van der Waals surface area contributed by atoms with Crippen LogP contribution in [0, 0.1) is 0 Å². The van der Waals surface area contributed by atoms with Crippen molar-refractivity contribution in [1.29, 1.82) is 0 Å². The Kier molecular flexibility index (Phi) is 4.96. The van der Waals surface area contributed by atoms with E-state index in [-0.39, 0.29) is 5.69 Å². The number of amides is 1. The van der Waals surface area contributed by atoms with Gasteiger partial charge in [-0.15, -0.1) is 0 Å². The van der Waals surface area contributed by atoms with Gasteiger partial charge in [-0.3, -0.25) is 10.1 Å². The van der Waals surface area contributed by atoms with Crippen LogP contribution in [0.15, 0.2) is 30.5 Å². The SMILES string of the molecule is CC(C)(C)OC(=O)Nc1cn(-c2ccc(C=O)cc2)nc1C(F)F. The van der Waals surface area contributed by atoms with E-state index in [1.165, 1.54) is 23.0 Å². The fourth-order valence-corrected chi connectivity index (χ4v) is 1.90. The molecule has 8 heteroatoms. The van der Waals surface area contributed by atoms with Gasteiger partial charge in [0, 0.05) is 5.56 Å². The Balaban J connectivity index is 2.29. The molecule has 0 radical (unpaired) electrons. The number of benzene rings is 1. The van der Waals surface area contributed by atoms with Crippen molar-refractivity contribution in [2.24, 2.45) is 0 Å². The van der Waals surface area contributed by atoms with E-state index in [2.05, 4.69) is 10.4 Å². The predicted molar refractivity (Wildman–Crippen MR) is 83.8 cm³/mol. The number of rotatable bonds is 4. The molecule has 2 aromatic rings. The highest BCUT2D eigenvalue weighted by Gasteiger charge is 2.23. The van der Waals surface area contributed by atoms with Crippen LogP contribution in [0.5, 0.6) is 0 Å². The minimum atomic E-state index is -2.87. The Morgan fingerprint density at radius 1 is 1.29 bits per heavy atom. The highest BCUT2D eigenvalue weighted by atomic mass is 19.3. The second-order valence-electron chi connectivity index (χ2n) is 6.01. The van der Waals surface area contributed by atoms with Crippen molar-refractivity contribution >= 4 is 18.1 Å². The van der Waals surface area contributed by atoms with Crippen molar-refractivity contribution in [3.63, 3.8) is 0 Å². The molecule has 0 saturated carbocycles. The number of carbonyl (C=O) groups is 2. The van der Waals surface area contributed by atoms with E-state index in [4.69, 9.17) is 4.74 Å². The quantitative estimate of drug-likeness (QED) is 0.857. The zero-order chi connectivity index (χ0) is 17.9. The van der Waals surface area contributed by atoms with Gasteiger partial charge in [0.1, 0.15) is 11.9 Å². The maximum absolute atomic E-state index is 13.1. The van der Waals surface area contributed by atoms with Gasteiger partial charge in [0.05, 0.1) is 17.6 Å². The zero-order valence-electron chi connectivity index (χ0n) is 13.4. The molecule has 0 bridgehead atoms. The third kappa shape index (κ3) is 4.37. The number of alkyl halides is 2. The molecule has 1 N–H and O–H groups in total. The summed E-state index contributed by atoms with van der Waals surface area (Å²) < 4.78 is 32.5. The van der Waals surface area contributed by atoms with Crippen molar-refractivity contribution in [2.45, 2.75) is 32.8 Å². The Bertz CT molecular complexity index is 734. The van der Waals surface area contributed by atoms with Crippen molar-refractivity contribution in [1.82, 2.24) is 9.78 Å². The number of aromatic nitrogens is 2. The number of halogens is 2. The maximum atomic E-state index is 13.1. The normalized spacial score (nSPS) is 11.4.